The number of rotatable bonds is 9. The van der Waals surface area contributed by atoms with E-state index in [1.807, 2.05) is 81.4 Å². The molecule has 1 atom stereocenters. The quantitative estimate of drug-likeness (QED) is 0.134. The standard InChI is InChI=1S/C36H36ClN3O6S2/c1-36(2,3)46-35(44)40-18-17-27-28(21-40)48-33(30(27)34(43)45-4)39-32(42)31(23-9-6-5-7-10-23)47-26-12-8-11-25(20-26)38-29(41)19-22-13-15-24(37)16-14-22/h5-16,20,31H,17-19,21H2,1-4H3,(H,38,41)(H,39,42). The van der Waals surface area contributed by atoms with E-state index in [9.17, 15) is 19.2 Å². The number of hydrogen-bond acceptors (Lipinski definition) is 8. The summed E-state index contributed by atoms with van der Waals surface area (Å²) in [6, 6.07) is 23.7. The van der Waals surface area contributed by atoms with Gasteiger partial charge in [0.15, 0.2) is 0 Å². The molecule has 1 aliphatic rings. The molecule has 3 aromatic carbocycles. The largest absolute Gasteiger partial charge is 0.465 e. The Balaban J connectivity index is 1.36. The topological polar surface area (TPSA) is 114 Å². The maximum Gasteiger partial charge on any atom is 0.410 e. The Morgan fingerprint density at radius 2 is 1.71 bits per heavy atom. The number of benzene rings is 3. The monoisotopic (exact) mass is 705 g/mol. The third kappa shape index (κ3) is 8.97. The highest BCUT2D eigenvalue weighted by Gasteiger charge is 2.33. The molecule has 0 radical (unpaired) electrons. The second-order valence-electron chi connectivity index (χ2n) is 12.1. The zero-order valence-electron chi connectivity index (χ0n) is 27.0. The number of hydrogen-bond donors (Lipinski definition) is 2. The Morgan fingerprint density at radius 1 is 0.979 bits per heavy atom. The van der Waals surface area contributed by atoms with Gasteiger partial charge in [0, 0.05) is 27.0 Å². The van der Waals surface area contributed by atoms with E-state index < -0.39 is 22.9 Å². The lowest BCUT2D eigenvalue weighted by molar-refractivity contribution is -0.116. The lowest BCUT2D eigenvalue weighted by Gasteiger charge is -2.30. The van der Waals surface area contributed by atoms with Crippen LogP contribution in [0.2, 0.25) is 5.02 Å². The first-order valence-corrected chi connectivity index (χ1v) is 17.3. The highest BCUT2D eigenvalue weighted by molar-refractivity contribution is 8.00. The van der Waals surface area contributed by atoms with E-state index in [0.29, 0.717) is 34.2 Å². The molecule has 3 amide bonds. The average Bonchev–Trinajstić information content (AvgIpc) is 3.41. The van der Waals surface area contributed by atoms with Crippen LogP contribution in [0.15, 0.2) is 83.8 Å². The summed E-state index contributed by atoms with van der Waals surface area (Å²) >= 11 is 8.54. The third-order valence-corrected chi connectivity index (χ3v) is 9.96. The summed E-state index contributed by atoms with van der Waals surface area (Å²) in [6.45, 7) is 6.05. The maximum atomic E-state index is 14.1. The van der Waals surface area contributed by atoms with Crippen LogP contribution in [0.4, 0.5) is 15.5 Å². The molecule has 2 N–H and O–H groups in total. The second-order valence-corrected chi connectivity index (χ2v) is 14.8. The number of thiophene rings is 1. The zero-order chi connectivity index (χ0) is 34.4. The van der Waals surface area contributed by atoms with Crippen LogP contribution in [-0.4, -0.2) is 48.0 Å². The zero-order valence-corrected chi connectivity index (χ0v) is 29.4. The summed E-state index contributed by atoms with van der Waals surface area (Å²) in [7, 11) is 1.30. The number of fused-ring (bicyclic) bond motifs is 1. The van der Waals surface area contributed by atoms with Gasteiger partial charge < -0.3 is 25.0 Å². The van der Waals surface area contributed by atoms with Crippen molar-refractivity contribution in [3.63, 3.8) is 0 Å². The molecule has 2 heterocycles. The van der Waals surface area contributed by atoms with Crippen molar-refractivity contribution in [2.75, 3.05) is 24.3 Å². The third-order valence-electron chi connectivity index (χ3n) is 7.32. The predicted molar refractivity (Wildman–Crippen MR) is 190 cm³/mol. The summed E-state index contributed by atoms with van der Waals surface area (Å²) in [5.74, 6) is -1.07. The first kappa shape index (κ1) is 35.0. The molecule has 0 fully saturated rings. The minimum Gasteiger partial charge on any atom is -0.465 e. The Morgan fingerprint density at radius 3 is 2.40 bits per heavy atom. The molecular formula is C36H36ClN3O6S2. The van der Waals surface area contributed by atoms with Gasteiger partial charge in [-0.3, -0.25) is 9.59 Å². The number of halogens is 1. The summed E-state index contributed by atoms with van der Waals surface area (Å²) in [5, 5.41) is 6.21. The van der Waals surface area contributed by atoms with Gasteiger partial charge in [0.2, 0.25) is 11.8 Å². The van der Waals surface area contributed by atoms with Crippen molar-refractivity contribution < 1.29 is 28.7 Å². The van der Waals surface area contributed by atoms with Crippen LogP contribution in [0.5, 0.6) is 0 Å². The minimum absolute atomic E-state index is 0.181. The number of carbonyl (C=O) groups excluding carboxylic acids is 4. The van der Waals surface area contributed by atoms with Gasteiger partial charge in [0.05, 0.1) is 25.6 Å². The van der Waals surface area contributed by atoms with Crippen LogP contribution in [0.1, 0.15) is 57.9 Å². The molecule has 9 nitrogen and oxygen atoms in total. The van der Waals surface area contributed by atoms with Gasteiger partial charge >= 0.3 is 12.1 Å². The molecule has 1 aromatic heterocycles. The average molecular weight is 706 g/mol. The summed E-state index contributed by atoms with van der Waals surface area (Å²) in [6.07, 6.45) is 0.168. The maximum absolute atomic E-state index is 14.1. The van der Waals surface area contributed by atoms with E-state index in [0.717, 1.165) is 26.5 Å². The molecular weight excluding hydrogens is 670 g/mol. The van der Waals surface area contributed by atoms with Gasteiger partial charge in [-0.05, 0) is 74.2 Å². The van der Waals surface area contributed by atoms with Crippen molar-refractivity contribution in [1.82, 2.24) is 4.90 Å². The fraction of sp³-hybridized carbons (Fsp3) is 0.278. The molecule has 1 aliphatic heterocycles. The fourth-order valence-corrected chi connectivity index (χ4v) is 7.61. The molecule has 0 aliphatic carbocycles. The number of esters is 1. The Bertz CT molecular complexity index is 1800. The first-order valence-electron chi connectivity index (χ1n) is 15.3. The highest BCUT2D eigenvalue weighted by Crippen LogP contribution is 2.41. The lowest BCUT2D eigenvalue weighted by Crippen LogP contribution is -2.39. The van der Waals surface area contributed by atoms with Gasteiger partial charge in [0.1, 0.15) is 15.9 Å². The van der Waals surface area contributed by atoms with Crippen LogP contribution in [-0.2, 0) is 38.4 Å². The Labute approximate surface area is 293 Å². The number of amides is 3. The molecule has 0 bridgehead atoms. The molecule has 48 heavy (non-hydrogen) atoms. The predicted octanol–water partition coefficient (Wildman–Crippen LogP) is 8.13. The number of nitrogens with one attached hydrogen (secondary N) is 2. The highest BCUT2D eigenvalue weighted by atomic mass is 35.5. The Kier molecular flexibility index (Phi) is 11.1. The lowest BCUT2D eigenvalue weighted by atomic mass is 10.0. The summed E-state index contributed by atoms with van der Waals surface area (Å²) in [4.78, 5) is 55.8. The van der Waals surface area contributed by atoms with Crippen LogP contribution in [0, 0.1) is 0 Å². The van der Waals surface area contributed by atoms with Gasteiger partial charge in [0.25, 0.3) is 0 Å². The van der Waals surface area contributed by atoms with Crippen LogP contribution in [0.25, 0.3) is 0 Å². The fourth-order valence-electron chi connectivity index (χ4n) is 5.15. The van der Waals surface area contributed by atoms with Crippen molar-refractivity contribution in [3.8, 4) is 0 Å². The van der Waals surface area contributed by atoms with E-state index in [1.54, 1.807) is 23.1 Å². The van der Waals surface area contributed by atoms with Crippen LogP contribution < -0.4 is 10.6 Å². The van der Waals surface area contributed by atoms with Gasteiger partial charge in [-0.2, -0.15) is 0 Å². The molecule has 0 saturated heterocycles. The smallest absolute Gasteiger partial charge is 0.410 e. The van der Waals surface area contributed by atoms with Gasteiger partial charge in [-0.15, -0.1) is 23.1 Å². The van der Waals surface area contributed by atoms with Crippen molar-refractivity contribution in [3.05, 3.63) is 111 Å². The van der Waals surface area contributed by atoms with Crippen molar-refractivity contribution in [2.45, 2.75) is 55.9 Å². The number of carbonyl (C=O) groups is 4. The normalized spacial score (nSPS) is 13.2. The number of ether oxygens (including phenoxy) is 2. The number of methoxy groups -OCH3 is 1. The Hall–Kier alpha value is -4.32. The van der Waals surface area contributed by atoms with Crippen molar-refractivity contribution >= 4 is 69.3 Å². The van der Waals surface area contributed by atoms with Crippen molar-refractivity contribution in [1.29, 1.82) is 0 Å². The summed E-state index contributed by atoms with van der Waals surface area (Å²) < 4.78 is 10.7. The number of anilines is 2. The van der Waals surface area contributed by atoms with E-state index in [-0.39, 0.29) is 24.8 Å². The van der Waals surface area contributed by atoms with E-state index in [1.165, 1.54) is 30.2 Å². The summed E-state index contributed by atoms with van der Waals surface area (Å²) in [5.41, 5.74) is 2.61. The van der Waals surface area contributed by atoms with Crippen LogP contribution in [0.3, 0.4) is 0 Å². The first-order chi connectivity index (χ1) is 22.9. The van der Waals surface area contributed by atoms with E-state index in [2.05, 4.69) is 10.6 Å². The van der Waals surface area contributed by atoms with E-state index in [4.69, 9.17) is 21.1 Å². The van der Waals surface area contributed by atoms with Crippen molar-refractivity contribution in [2.24, 2.45) is 0 Å². The van der Waals surface area contributed by atoms with Crippen LogP contribution >= 0.6 is 34.7 Å². The molecule has 12 heteroatoms. The van der Waals surface area contributed by atoms with E-state index >= 15 is 0 Å². The number of thioether (sulfide) groups is 1. The molecule has 5 rings (SSSR count). The van der Waals surface area contributed by atoms with Gasteiger partial charge in [-0.1, -0.05) is 60.1 Å². The molecule has 4 aromatic rings. The minimum atomic E-state index is -0.700. The molecule has 0 saturated carbocycles. The second kappa shape index (κ2) is 15.3. The number of nitrogens with zero attached hydrogens (tertiary/aromatic N) is 1. The molecule has 250 valence electrons. The SMILES string of the molecule is COC(=O)c1c(NC(=O)C(Sc2cccc(NC(=O)Cc3ccc(Cl)cc3)c2)c2ccccc2)sc2c1CCN(C(=O)OC(C)(C)C)C2. The molecule has 1 unspecified atom stereocenters. The van der Waals surface area contributed by atoms with Gasteiger partial charge in [-0.25, -0.2) is 9.59 Å². The molecule has 0 spiro atoms.